The molecule has 0 spiro atoms. The van der Waals surface area contributed by atoms with Crippen LogP contribution in [0.4, 0.5) is 0 Å². The number of nitrogens with one attached hydrogen (secondary N) is 1. The van der Waals surface area contributed by atoms with Crippen molar-refractivity contribution in [2.24, 2.45) is 0 Å². The summed E-state index contributed by atoms with van der Waals surface area (Å²) in [5, 5.41) is 3.60. The Morgan fingerprint density at radius 3 is 3.11 bits per heavy atom. The molecular formula is C16H21NO2. The van der Waals surface area contributed by atoms with Gasteiger partial charge in [0.15, 0.2) is 0 Å². The van der Waals surface area contributed by atoms with Gasteiger partial charge in [0.05, 0.1) is 12.9 Å². The van der Waals surface area contributed by atoms with E-state index in [-0.39, 0.29) is 0 Å². The molecule has 1 aromatic rings. The minimum atomic E-state index is 0.310. The third-order valence-electron chi connectivity index (χ3n) is 4.03. The first kappa shape index (κ1) is 12.5. The number of fused-ring (bicyclic) bond motifs is 1. The number of ether oxygens (including phenoxy) is 2. The second-order valence-electron chi connectivity index (χ2n) is 5.36. The van der Waals surface area contributed by atoms with Gasteiger partial charge in [-0.25, -0.2) is 0 Å². The minimum absolute atomic E-state index is 0.310. The molecule has 2 aliphatic heterocycles. The van der Waals surface area contributed by atoms with Crippen molar-refractivity contribution in [3.63, 3.8) is 0 Å². The molecule has 0 radical (unpaired) electrons. The van der Waals surface area contributed by atoms with E-state index in [2.05, 4.69) is 36.5 Å². The van der Waals surface area contributed by atoms with Gasteiger partial charge in [-0.2, -0.15) is 0 Å². The highest BCUT2D eigenvalue weighted by atomic mass is 16.5. The molecule has 0 fully saturated rings. The van der Waals surface area contributed by atoms with Crippen molar-refractivity contribution in [1.82, 2.24) is 5.32 Å². The SMILES string of the molecule is C[C@H](NC[C@@H]1CCC=CO1)[C@@H]1COc2ccccc21. The molecule has 0 saturated carbocycles. The van der Waals surface area contributed by atoms with E-state index < -0.39 is 0 Å². The molecule has 0 amide bonds. The first-order chi connectivity index (χ1) is 9.34. The van der Waals surface area contributed by atoms with Gasteiger partial charge in [-0.3, -0.25) is 0 Å². The average Bonchev–Trinajstić information content (AvgIpc) is 2.90. The summed E-state index contributed by atoms with van der Waals surface area (Å²) in [5.41, 5.74) is 1.33. The Labute approximate surface area is 114 Å². The molecule has 3 rings (SSSR count). The van der Waals surface area contributed by atoms with Crippen LogP contribution in [0.1, 0.15) is 31.2 Å². The topological polar surface area (TPSA) is 30.5 Å². The van der Waals surface area contributed by atoms with E-state index in [4.69, 9.17) is 9.47 Å². The second kappa shape index (κ2) is 5.66. The quantitative estimate of drug-likeness (QED) is 0.902. The highest BCUT2D eigenvalue weighted by Gasteiger charge is 2.28. The van der Waals surface area contributed by atoms with Gasteiger partial charge < -0.3 is 14.8 Å². The van der Waals surface area contributed by atoms with Crippen LogP contribution in [0, 0.1) is 0 Å². The van der Waals surface area contributed by atoms with Gasteiger partial charge in [0.2, 0.25) is 0 Å². The van der Waals surface area contributed by atoms with E-state index >= 15 is 0 Å². The molecule has 19 heavy (non-hydrogen) atoms. The predicted octanol–water partition coefficient (Wildman–Crippen LogP) is 2.83. The molecule has 0 unspecified atom stereocenters. The highest BCUT2D eigenvalue weighted by Crippen LogP contribution is 2.35. The van der Waals surface area contributed by atoms with Crippen molar-refractivity contribution in [2.75, 3.05) is 13.2 Å². The number of hydrogen-bond acceptors (Lipinski definition) is 3. The van der Waals surface area contributed by atoms with Crippen molar-refractivity contribution in [3.8, 4) is 5.75 Å². The van der Waals surface area contributed by atoms with Crippen LogP contribution in [0.5, 0.6) is 5.75 Å². The lowest BCUT2D eigenvalue weighted by atomic mass is 9.94. The third kappa shape index (κ3) is 2.76. The Morgan fingerprint density at radius 1 is 1.37 bits per heavy atom. The van der Waals surface area contributed by atoms with Crippen molar-refractivity contribution in [3.05, 3.63) is 42.2 Å². The van der Waals surface area contributed by atoms with Crippen LogP contribution in [0.3, 0.4) is 0 Å². The van der Waals surface area contributed by atoms with Crippen LogP contribution in [-0.2, 0) is 4.74 Å². The summed E-state index contributed by atoms with van der Waals surface area (Å²) in [4.78, 5) is 0. The molecule has 2 aliphatic rings. The van der Waals surface area contributed by atoms with Gasteiger partial charge >= 0.3 is 0 Å². The van der Waals surface area contributed by atoms with Gasteiger partial charge in [-0.15, -0.1) is 0 Å². The summed E-state index contributed by atoms with van der Waals surface area (Å²) >= 11 is 0. The molecule has 3 nitrogen and oxygen atoms in total. The van der Waals surface area contributed by atoms with Crippen LogP contribution in [-0.4, -0.2) is 25.3 Å². The maximum Gasteiger partial charge on any atom is 0.122 e. The predicted molar refractivity (Wildman–Crippen MR) is 75.4 cm³/mol. The number of hydrogen-bond donors (Lipinski definition) is 1. The zero-order chi connectivity index (χ0) is 13.1. The summed E-state index contributed by atoms with van der Waals surface area (Å²) in [7, 11) is 0. The van der Waals surface area contributed by atoms with E-state index in [9.17, 15) is 0 Å². The van der Waals surface area contributed by atoms with Crippen LogP contribution in [0.25, 0.3) is 0 Å². The van der Waals surface area contributed by atoms with E-state index in [0.29, 0.717) is 18.1 Å². The molecule has 0 aliphatic carbocycles. The fraction of sp³-hybridized carbons (Fsp3) is 0.500. The van der Waals surface area contributed by atoms with Crippen molar-refractivity contribution in [1.29, 1.82) is 0 Å². The van der Waals surface area contributed by atoms with Gasteiger partial charge in [0.25, 0.3) is 0 Å². The Hall–Kier alpha value is -1.48. The molecular weight excluding hydrogens is 238 g/mol. The second-order valence-corrected chi connectivity index (χ2v) is 5.36. The zero-order valence-electron chi connectivity index (χ0n) is 11.3. The lowest BCUT2D eigenvalue weighted by Crippen LogP contribution is -2.39. The first-order valence-electron chi connectivity index (χ1n) is 7.10. The first-order valence-corrected chi connectivity index (χ1v) is 7.10. The molecule has 2 heterocycles. The Balaban J connectivity index is 1.56. The summed E-state index contributed by atoms with van der Waals surface area (Å²) < 4.78 is 11.3. The fourth-order valence-corrected chi connectivity index (χ4v) is 2.80. The summed E-state index contributed by atoms with van der Waals surface area (Å²) in [6.07, 6.45) is 6.45. The fourth-order valence-electron chi connectivity index (χ4n) is 2.80. The lowest BCUT2D eigenvalue weighted by Gasteiger charge is -2.25. The third-order valence-corrected chi connectivity index (χ3v) is 4.03. The molecule has 1 aromatic carbocycles. The molecule has 102 valence electrons. The van der Waals surface area contributed by atoms with E-state index in [1.165, 1.54) is 5.56 Å². The highest BCUT2D eigenvalue weighted by molar-refractivity contribution is 5.40. The van der Waals surface area contributed by atoms with Crippen molar-refractivity contribution in [2.45, 2.75) is 37.8 Å². The Morgan fingerprint density at radius 2 is 2.26 bits per heavy atom. The molecule has 1 N–H and O–H groups in total. The van der Waals surface area contributed by atoms with E-state index in [0.717, 1.165) is 31.7 Å². The van der Waals surface area contributed by atoms with E-state index in [1.807, 2.05) is 12.3 Å². The zero-order valence-corrected chi connectivity index (χ0v) is 11.3. The number of benzene rings is 1. The van der Waals surface area contributed by atoms with Crippen molar-refractivity contribution >= 4 is 0 Å². The normalized spacial score (nSPS) is 26.4. The average molecular weight is 259 g/mol. The molecule has 3 heteroatoms. The minimum Gasteiger partial charge on any atom is -0.497 e. The molecule has 0 saturated heterocycles. The Kier molecular flexibility index (Phi) is 3.74. The number of allylic oxidation sites excluding steroid dienone is 1. The van der Waals surface area contributed by atoms with Gasteiger partial charge in [-0.05, 0) is 31.9 Å². The van der Waals surface area contributed by atoms with Gasteiger partial charge in [0.1, 0.15) is 11.9 Å². The van der Waals surface area contributed by atoms with Crippen LogP contribution < -0.4 is 10.1 Å². The number of para-hydroxylation sites is 1. The summed E-state index contributed by atoms with van der Waals surface area (Å²) in [5.74, 6) is 1.48. The van der Waals surface area contributed by atoms with Crippen LogP contribution >= 0.6 is 0 Å². The molecule has 0 aromatic heterocycles. The van der Waals surface area contributed by atoms with Crippen LogP contribution in [0.15, 0.2) is 36.6 Å². The van der Waals surface area contributed by atoms with E-state index in [1.54, 1.807) is 0 Å². The van der Waals surface area contributed by atoms with Crippen LogP contribution in [0.2, 0.25) is 0 Å². The standard InChI is InChI=1S/C16H21NO2/c1-12(17-10-13-6-4-5-9-18-13)15-11-19-16-8-3-2-7-14(15)16/h2-3,5,7-9,12-13,15,17H,4,6,10-11H2,1H3/t12-,13-,15-/m0/s1. The Bertz CT molecular complexity index is 458. The lowest BCUT2D eigenvalue weighted by molar-refractivity contribution is 0.118. The largest absolute Gasteiger partial charge is 0.497 e. The molecule has 3 atom stereocenters. The summed E-state index contributed by atoms with van der Waals surface area (Å²) in [6, 6.07) is 8.74. The van der Waals surface area contributed by atoms with Crippen molar-refractivity contribution < 1.29 is 9.47 Å². The monoisotopic (exact) mass is 259 g/mol. The van der Waals surface area contributed by atoms with Gasteiger partial charge in [0, 0.05) is 24.1 Å². The number of rotatable bonds is 4. The smallest absolute Gasteiger partial charge is 0.122 e. The maximum absolute atomic E-state index is 5.74. The summed E-state index contributed by atoms with van der Waals surface area (Å²) in [6.45, 7) is 3.91. The van der Waals surface area contributed by atoms with Gasteiger partial charge in [-0.1, -0.05) is 18.2 Å². The maximum atomic E-state index is 5.74. The molecule has 0 bridgehead atoms.